The summed E-state index contributed by atoms with van der Waals surface area (Å²) in [5, 5.41) is 5.79. The minimum Gasteiger partial charge on any atom is -0.352 e. The Morgan fingerprint density at radius 3 is 2.38 bits per heavy atom. The number of carbonyl (C=O) groups excluding carboxylic acids is 3. The van der Waals surface area contributed by atoms with Crippen LogP contribution < -0.4 is 10.6 Å². The Morgan fingerprint density at radius 2 is 1.79 bits per heavy atom. The Labute approximate surface area is 173 Å². The second kappa shape index (κ2) is 7.81. The average molecular weight is 400 g/mol. The van der Waals surface area contributed by atoms with E-state index in [1.165, 1.54) is 6.42 Å². The van der Waals surface area contributed by atoms with E-state index in [0.29, 0.717) is 11.5 Å². The van der Waals surface area contributed by atoms with Gasteiger partial charge in [-0.05, 0) is 42.2 Å². The molecule has 0 spiro atoms. The van der Waals surface area contributed by atoms with Gasteiger partial charge >= 0.3 is 6.03 Å². The van der Waals surface area contributed by atoms with Crippen molar-refractivity contribution in [2.75, 3.05) is 6.54 Å². The number of hydrogen-bond acceptors (Lipinski definition) is 3. The summed E-state index contributed by atoms with van der Waals surface area (Å²) in [5.74, 6) is -0.250. The summed E-state index contributed by atoms with van der Waals surface area (Å²) in [4.78, 5) is 39.1. The lowest BCUT2D eigenvalue weighted by Crippen LogP contribution is -2.47. The number of urea groups is 1. The molecule has 1 aromatic rings. The fourth-order valence-electron chi connectivity index (χ4n) is 4.27. The molecule has 1 aliphatic heterocycles. The first-order valence-electron chi connectivity index (χ1n) is 10.6. The van der Waals surface area contributed by atoms with Crippen LogP contribution in [0, 0.1) is 5.92 Å². The second-order valence-corrected chi connectivity index (χ2v) is 9.71. The molecule has 4 amide bonds. The van der Waals surface area contributed by atoms with Crippen LogP contribution in [0.25, 0.3) is 0 Å². The van der Waals surface area contributed by atoms with E-state index in [9.17, 15) is 14.4 Å². The van der Waals surface area contributed by atoms with Crippen LogP contribution in [0.15, 0.2) is 24.3 Å². The van der Waals surface area contributed by atoms with Crippen molar-refractivity contribution < 1.29 is 14.4 Å². The van der Waals surface area contributed by atoms with E-state index in [1.807, 2.05) is 24.3 Å². The third-order valence-electron chi connectivity index (χ3n) is 6.36. The number of rotatable bonds is 4. The van der Waals surface area contributed by atoms with E-state index in [0.717, 1.165) is 29.7 Å². The standard InChI is InChI=1S/C23H33N3O3/c1-15-8-6-7-9-18(15)24-19(27)14-26-20(28)23(5,25-21(26)29)17-12-10-16(11-13-17)22(2,3)4/h10-13,15,18H,6-9,14H2,1-5H3,(H,24,27)(H,25,29)/t15-,18-,23+/m1/s1. The molecule has 1 saturated carbocycles. The molecule has 2 fully saturated rings. The van der Waals surface area contributed by atoms with E-state index >= 15 is 0 Å². The number of amides is 4. The van der Waals surface area contributed by atoms with Gasteiger partial charge in [0, 0.05) is 6.04 Å². The molecule has 0 bridgehead atoms. The number of hydrogen-bond donors (Lipinski definition) is 2. The number of carbonyl (C=O) groups is 3. The number of benzene rings is 1. The van der Waals surface area contributed by atoms with Crippen molar-refractivity contribution in [2.45, 2.75) is 77.3 Å². The van der Waals surface area contributed by atoms with Crippen LogP contribution in [0.4, 0.5) is 4.79 Å². The van der Waals surface area contributed by atoms with Crippen LogP contribution in [0.2, 0.25) is 0 Å². The highest BCUT2D eigenvalue weighted by molar-refractivity contribution is 6.09. The van der Waals surface area contributed by atoms with Gasteiger partial charge < -0.3 is 10.6 Å². The molecule has 0 aromatic heterocycles. The molecule has 0 radical (unpaired) electrons. The van der Waals surface area contributed by atoms with Gasteiger partial charge in [0.05, 0.1) is 0 Å². The normalized spacial score (nSPS) is 27.7. The van der Waals surface area contributed by atoms with Gasteiger partial charge in [-0.2, -0.15) is 0 Å². The molecule has 1 aliphatic carbocycles. The third-order valence-corrected chi connectivity index (χ3v) is 6.36. The van der Waals surface area contributed by atoms with Crippen molar-refractivity contribution in [1.29, 1.82) is 0 Å². The molecular formula is C23H33N3O3. The minimum absolute atomic E-state index is 0.00273. The monoisotopic (exact) mass is 399 g/mol. The van der Waals surface area contributed by atoms with Gasteiger partial charge in [-0.1, -0.05) is 64.8 Å². The minimum atomic E-state index is -1.16. The van der Waals surface area contributed by atoms with Crippen molar-refractivity contribution in [1.82, 2.24) is 15.5 Å². The number of nitrogens with one attached hydrogen (secondary N) is 2. The van der Waals surface area contributed by atoms with Crippen molar-refractivity contribution in [3.8, 4) is 0 Å². The zero-order valence-electron chi connectivity index (χ0n) is 18.2. The maximum Gasteiger partial charge on any atom is 0.325 e. The highest BCUT2D eigenvalue weighted by Crippen LogP contribution is 2.31. The molecule has 3 atom stereocenters. The van der Waals surface area contributed by atoms with Crippen LogP contribution in [-0.4, -0.2) is 35.3 Å². The van der Waals surface area contributed by atoms with Gasteiger partial charge in [0.25, 0.3) is 5.91 Å². The summed E-state index contributed by atoms with van der Waals surface area (Å²) in [7, 11) is 0. The van der Waals surface area contributed by atoms with Crippen LogP contribution in [0.1, 0.15) is 71.4 Å². The molecule has 2 N–H and O–H groups in total. The summed E-state index contributed by atoms with van der Waals surface area (Å²) < 4.78 is 0. The Morgan fingerprint density at radius 1 is 1.17 bits per heavy atom. The molecule has 6 nitrogen and oxygen atoms in total. The smallest absolute Gasteiger partial charge is 0.325 e. The van der Waals surface area contributed by atoms with Gasteiger partial charge in [0.2, 0.25) is 5.91 Å². The van der Waals surface area contributed by atoms with E-state index < -0.39 is 17.5 Å². The lowest BCUT2D eigenvalue weighted by molar-refractivity contribution is -0.135. The molecule has 3 rings (SSSR count). The predicted molar refractivity (Wildman–Crippen MR) is 112 cm³/mol. The number of imide groups is 1. The summed E-state index contributed by atoms with van der Waals surface area (Å²) >= 11 is 0. The molecular weight excluding hydrogens is 366 g/mol. The summed E-state index contributed by atoms with van der Waals surface area (Å²) in [6, 6.07) is 7.33. The zero-order chi connectivity index (χ0) is 21.4. The molecule has 1 aromatic carbocycles. The van der Waals surface area contributed by atoms with Crippen molar-refractivity contribution in [3.05, 3.63) is 35.4 Å². The lowest BCUT2D eigenvalue weighted by atomic mass is 9.84. The Kier molecular flexibility index (Phi) is 5.74. The van der Waals surface area contributed by atoms with Crippen LogP contribution in [0.3, 0.4) is 0 Å². The fourth-order valence-corrected chi connectivity index (χ4v) is 4.27. The highest BCUT2D eigenvalue weighted by atomic mass is 16.2. The molecule has 158 valence electrons. The van der Waals surface area contributed by atoms with E-state index in [4.69, 9.17) is 0 Å². The molecule has 2 aliphatic rings. The van der Waals surface area contributed by atoms with Gasteiger partial charge in [0.15, 0.2) is 0 Å². The van der Waals surface area contributed by atoms with Gasteiger partial charge in [-0.25, -0.2) is 4.79 Å². The summed E-state index contributed by atoms with van der Waals surface area (Å²) in [6.07, 6.45) is 4.33. The maximum absolute atomic E-state index is 13.1. The molecule has 1 saturated heterocycles. The van der Waals surface area contributed by atoms with Crippen molar-refractivity contribution in [3.63, 3.8) is 0 Å². The SMILES string of the molecule is C[C@@H]1CCCC[C@H]1NC(=O)CN1C(=O)N[C@@](C)(c2ccc(C(C)(C)C)cc2)C1=O. The van der Waals surface area contributed by atoms with E-state index in [1.54, 1.807) is 6.92 Å². The first-order chi connectivity index (χ1) is 13.5. The third kappa shape index (κ3) is 4.31. The predicted octanol–water partition coefficient (Wildman–Crippen LogP) is 3.45. The fraction of sp³-hybridized carbons (Fsp3) is 0.609. The average Bonchev–Trinajstić information content (AvgIpc) is 2.87. The Hall–Kier alpha value is -2.37. The quantitative estimate of drug-likeness (QED) is 0.761. The topological polar surface area (TPSA) is 78.5 Å². The van der Waals surface area contributed by atoms with Crippen LogP contribution in [-0.2, 0) is 20.5 Å². The van der Waals surface area contributed by atoms with Gasteiger partial charge in [0.1, 0.15) is 12.1 Å². The van der Waals surface area contributed by atoms with Crippen LogP contribution in [0.5, 0.6) is 0 Å². The van der Waals surface area contributed by atoms with Crippen molar-refractivity contribution in [2.24, 2.45) is 5.92 Å². The maximum atomic E-state index is 13.1. The highest BCUT2D eigenvalue weighted by Gasteiger charge is 2.49. The van der Waals surface area contributed by atoms with Crippen molar-refractivity contribution >= 4 is 17.8 Å². The summed E-state index contributed by atoms with van der Waals surface area (Å²) in [6.45, 7) is 9.96. The Balaban J connectivity index is 1.70. The second-order valence-electron chi connectivity index (χ2n) is 9.71. The summed E-state index contributed by atoms with van der Waals surface area (Å²) in [5.41, 5.74) is 0.710. The molecule has 29 heavy (non-hydrogen) atoms. The lowest BCUT2D eigenvalue weighted by Gasteiger charge is -2.30. The first-order valence-corrected chi connectivity index (χ1v) is 10.6. The van der Waals surface area contributed by atoms with Crippen LogP contribution >= 0.6 is 0 Å². The van der Waals surface area contributed by atoms with E-state index in [-0.39, 0.29) is 23.9 Å². The number of nitrogens with zero attached hydrogens (tertiary/aromatic N) is 1. The molecule has 6 heteroatoms. The van der Waals surface area contributed by atoms with Gasteiger partial charge in [-0.3, -0.25) is 14.5 Å². The Bertz CT molecular complexity index is 797. The zero-order valence-corrected chi connectivity index (χ0v) is 18.2. The van der Waals surface area contributed by atoms with E-state index in [2.05, 4.69) is 38.3 Å². The molecule has 1 heterocycles. The first kappa shape index (κ1) is 21.3. The molecule has 0 unspecified atom stereocenters. The van der Waals surface area contributed by atoms with Gasteiger partial charge in [-0.15, -0.1) is 0 Å². The largest absolute Gasteiger partial charge is 0.352 e.